The third-order valence-electron chi connectivity index (χ3n) is 4.88. The molecule has 5 nitrogen and oxygen atoms in total. The van der Waals surface area contributed by atoms with Crippen LogP contribution in [-0.4, -0.2) is 26.3 Å². The predicted octanol–water partition coefficient (Wildman–Crippen LogP) is 4.26. The maximum absolute atomic E-state index is 13.4. The Balaban J connectivity index is 1.69. The van der Waals surface area contributed by atoms with Crippen LogP contribution in [0.2, 0.25) is 5.02 Å². The van der Waals surface area contributed by atoms with Crippen molar-refractivity contribution in [1.82, 2.24) is 14.4 Å². The highest BCUT2D eigenvalue weighted by atomic mass is 35.5. The van der Waals surface area contributed by atoms with Crippen LogP contribution in [-0.2, 0) is 0 Å². The highest BCUT2D eigenvalue weighted by Crippen LogP contribution is 2.38. The molecular weight excluding hydrogens is 355 g/mol. The van der Waals surface area contributed by atoms with E-state index in [0.717, 1.165) is 22.0 Å². The smallest absolute Gasteiger partial charge is 0.189 e. The van der Waals surface area contributed by atoms with Crippen molar-refractivity contribution >= 4 is 39.8 Å². The number of nitrogens with two attached hydrogens (primary N) is 1. The van der Waals surface area contributed by atoms with Gasteiger partial charge in [0.15, 0.2) is 11.6 Å². The zero-order valence-corrected chi connectivity index (χ0v) is 14.3. The number of Topliss-reactive ketones (excluding diaryl/α,β-unsaturated/α-hetero) is 1. The number of nitrogens with one attached hydrogen (secondary N) is 1. The van der Waals surface area contributed by atoms with E-state index in [2.05, 4.69) is 9.97 Å². The Morgan fingerprint density at radius 3 is 2.92 bits per heavy atom. The molecule has 0 spiro atoms. The van der Waals surface area contributed by atoms with Crippen LogP contribution in [0.4, 0.5) is 10.2 Å². The summed E-state index contributed by atoms with van der Waals surface area (Å²) in [4.78, 5) is 20.0. The van der Waals surface area contributed by atoms with E-state index in [4.69, 9.17) is 17.3 Å². The SMILES string of the molecule is Nc1nc2ccc(-c3c[nH]c4ccc(Cl)cc34)cn2c1C(=O)[C@@H]1C[C@@H]1F. The van der Waals surface area contributed by atoms with Crippen LogP contribution < -0.4 is 5.73 Å². The number of anilines is 1. The molecule has 2 atom stereocenters. The summed E-state index contributed by atoms with van der Waals surface area (Å²) >= 11 is 6.13. The van der Waals surface area contributed by atoms with Crippen LogP contribution in [0.3, 0.4) is 0 Å². The Kier molecular flexibility index (Phi) is 3.15. The number of hydrogen-bond donors (Lipinski definition) is 2. The lowest BCUT2D eigenvalue weighted by Crippen LogP contribution is -2.10. The summed E-state index contributed by atoms with van der Waals surface area (Å²) in [5.41, 5.74) is 9.55. The molecule has 0 unspecified atom stereocenters. The number of pyridine rings is 1. The lowest BCUT2D eigenvalue weighted by atomic mass is 10.1. The topological polar surface area (TPSA) is 76.2 Å². The fourth-order valence-electron chi connectivity index (χ4n) is 3.41. The number of nitrogen functional groups attached to an aromatic ring is 1. The molecule has 26 heavy (non-hydrogen) atoms. The molecule has 3 aromatic heterocycles. The molecular formula is C19H14ClFN4O. The van der Waals surface area contributed by atoms with Crippen LogP contribution in [0, 0.1) is 5.92 Å². The first-order valence-electron chi connectivity index (χ1n) is 8.26. The first kappa shape index (κ1) is 15.4. The summed E-state index contributed by atoms with van der Waals surface area (Å²) in [6.45, 7) is 0. The second-order valence-corrected chi connectivity index (χ2v) is 7.04. The van der Waals surface area contributed by atoms with Crippen LogP contribution in [0.25, 0.3) is 27.7 Å². The van der Waals surface area contributed by atoms with Gasteiger partial charge in [-0.05, 0) is 36.8 Å². The van der Waals surface area contributed by atoms with Gasteiger partial charge < -0.3 is 10.7 Å². The predicted molar refractivity (Wildman–Crippen MR) is 99.2 cm³/mol. The number of carbonyl (C=O) groups is 1. The van der Waals surface area contributed by atoms with Gasteiger partial charge >= 0.3 is 0 Å². The van der Waals surface area contributed by atoms with Crippen molar-refractivity contribution in [2.24, 2.45) is 5.92 Å². The lowest BCUT2D eigenvalue weighted by molar-refractivity contribution is 0.0952. The highest BCUT2D eigenvalue weighted by molar-refractivity contribution is 6.31. The summed E-state index contributed by atoms with van der Waals surface area (Å²) in [5.74, 6) is -0.761. The van der Waals surface area contributed by atoms with E-state index in [1.807, 2.05) is 36.7 Å². The van der Waals surface area contributed by atoms with Gasteiger partial charge in [0.2, 0.25) is 0 Å². The number of alkyl halides is 1. The maximum Gasteiger partial charge on any atom is 0.189 e. The molecule has 3 N–H and O–H groups in total. The largest absolute Gasteiger partial charge is 0.382 e. The van der Waals surface area contributed by atoms with E-state index in [-0.39, 0.29) is 23.7 Å². The first-order valence-corrected chi connectivity index (χ1v) is 8.63. The number of halogens is 2. The molecule has 130 valence electrons. The minimum Gasteiger partial charge on any atom is -0.382 e. The Morgan fingerprint density at radius 2 is 2.15 bits per heavy atom. The molecule has 1 aliphatic carbocycles. The van der Waals surface area contributed by atoms with Crippen molar-refractivity contribution in [2.45, 2.75) is 12.6 Å². The average Bonchev–Trinajstić information content (AvgIpc) is 3.07. The second-order valence-electron chi connectivity index (χ2n) is 6.61. The first-order chi connectivity index (χ1) is 12.5. The van der Waals surface area contributed by atoms with E-state index in [9.17, 15) is 9.18 Å². The molecule has 1 fully saturated rings. The number of hydrogen-bond acceptors (Lipinski definition) is 3. The number of aromatic amines is 1. The van der Waals surface area contributed by atoms with E-state index in [1.54, 1.807) is 10.5 Å². The number of ketones is 1. The fraction of sp³-hybridized carbons (Fsp3) is 0.158. The molecule has 1 aliphatic rings. The van der Waals surface area contributed by atoms with Crippen LogP contribution in [0.15, 0.2) is 42.7 Å². The van der Waals surface area contributed by atoms with Gasteiger partial charge in [-0.25, -0.2) is 9.37 Å². The van der Waals surface area contributed by atoms with Gasteiger partial charge in [0.05, 0.1) is 5.92 Å². The van der Waals surface area contributed by atoms with Gasteiger partial charge in [0.25, 0.3) is 0 Å². The van der Waals surface area contributed by atoms with Crippen molar-refractivity contribution in [1.29, 1.82) is 0 Å². The monoisotopic (exact) mass is 368 g/mol. The molecule has 0 saturated heterocycles. The van der Waals surface area contributed by atoms with Crippen LogP contribution in [0.5, 0.6) is 0 Å². The minimum atomic E-state index is -1.08. The molecule has 0 amide bonds. The van der Waals surface area contributed by atoms with Crippen LogP contribution in [0.1, 0.15) is 16.9 Å². The Morgan fingerprint density at radius 1 is 1.35 bits per heavy atom. The quantitative estimate of drug-likeness (QED) is 0.530. The van der Waals surface area contributed by atoms with E-state index < -0.39 is 12.1 Å². The number of H-pyrrole nitrogens is 1. The van der Waals surface area contributed by atoms with Crippen LogP contribution >= 0.6 is 11.6 Å². The Bertz CT molecular complexity index is 1200. The van der Waals surface area contributed by atoms with Gasteiger partial charge in [0.1, 0.15) is 17.5 Å². The van der Waals surface area contributed by atoms with Gasteiger partial charge in [-0.15, -0.1) is 0 Å². The fourth-order valence-corrected chi connectivity index (χ4v) is 3.58. The minimum absolute atomic E-state index is 0.133. The number of aromatic nitrogens is 3. The Labute approximate surface area is 152 Å². The molecule has 0 radical (unpaired) electrons. The van der Waals surface area contributed by atoms with Gasteiger partial charge in [-0.2, -0.15) is 0 Å². The van der Waals surface area contributed by atoms with Gasteiger partial charge in [-0.3, -0.25) is 9.20 Å². The third-order valence-corrected chi connectivity index (χ3v) is 5.12. The molecule has 3 heterocycles. The van der Waals surface area contributed by atoms with Crippen molar-refractivity contribution in [3.63, 3.8) is 0 Å². The van der Waals surface area contributed by atoms with Crippen molar-refractivity contribution in [2.75, 3.05) is 5.73 Å². The number of carbonyl (C=O) groups excluding carboxylic acids is 1. The second kappa shape index (κ2) is 5.32. The van der Waals surface area contributed by atoms with E-state index in [0.29, 0.717) is 10.7 Å². The molecule has 7 heteroatoms. The summed E-state index contributed by atoms with van der Waals surface area (Å²) in [5, 5.41) is 1.62. The van der Waals surface area contributed by atoms with Crippen molar-refractivity contribution in [3.8, 4) is 11.1 Å². The normalized spacial score (nSPS) is 19.3. The molecule has 0 bridgehead atoms. The third kappa shape index (κ3) is 2.22. The number of imidazole rings is 1. The maximum atomic E-state index is 13.4. The van der Waals surface area contributed by atoms with Gasteiger partial charge in [-0.1, -0.05) is 11.6 Å². The van der Waals surface area contributed by atoms with Crippen molar-refractivity contribution in [3.05, 3.63) is 53.4 Å². The lowest BCUT2D eigenvalue weighted by Gasteiger charge is -2.05. The molecule has 5 rings (SSSR count). The summed E-state index contributed by atoms with van der Waals surface area (Å²) < 4.78 is 15.0. The standard InChI is InChI=1S/C19H14ClFN4O/c20-10-2-3-15-11(5-10)13(7-23-15)9-1-4-16-24-19(22)17(25(16)8-9)18(26)12-6-14(12)21/h1-5,7-8,12,14,23H,6,22H2/t12-,14+/m1/s1. The average molecular weight is 369 g/mol. The molecule has 4 aromatic rings. The summed E-state index contributed by atoms with van der Waals surface area (Å²) in [6, 6.07) is 9.33. The molecule has 1 saturated carbocycles. The summed E-state index contributed by atoms with van der Waals surface area (Å²) in [7, 11) is 0. The number of nitrogens with zero attached hydrogens (tertiary/aromatic N) is 2. The zero-order valence-electron chi connectivity index (χ0n) is 13.5. The summed E-state index contributed by atoms with van der Waals surface area (Å²) in [6.07, 6.45) is 2.88. The van der Waals surface area contributed by atoms with Crippen molar-refractivity contribution < 1.29 is 9.18 Å². The Hall–Kier alpha value is -2.86. The number of fused-ring (bicyclic) bond motifs is 2. The highest BCUT2D eigenvalue weighted by Gasteiger charge is 2.45. The number of rotatable bonds is 3. The number of benzene rings is 1. The molecule has 0 aliphatic heterocycles. The van der Waals surface area contributed by atoms with E-state index in [1.165, 1.54) is 0 Å². The van der Waals surface area contributed by atoms with E-state index >= 15 is 0 Å². The zero-order chi connectivity index (χ0) is 18.0. The van der Waals surface area contributed by atoms with Gasteiger partial charge in [0, 0.05) is 39.4 Å². The molecule has 1 aromatic carbocycles.